The molecule has 0 saturated heterocycles. The smallest absolute Gasteiger partial charge is 0.258 e. The van der Waals surface area contributed by atoms with E-state index in [1.807, 2.05) is 36.4 Å². The summed E-state index contributed by atoms with van der Waals surface area (Å²) in [5, 5.41) is 4.04. The summed E-state index contributed by atoms with van der Waals surface area (Å²) in [6, 6.07) is 18.6. The molecule has 2 N–H and O–H groups in total. The first-order valence-electron chi connectivity index (χ1n) is 7.81. The summed E-state index contributed by atoms with van der Waals surface area (Å²) in [7, 11) is 0. The van der Waals surface area contributed by atoms with Gasteiger partial charge in [0.05, 0.1) is 0 Å². The summed E-state index contributed by atoms with van der Waals surface area (Å²) >= 11 is 0. The number of nitrogens with zero attached hydrogens (tertiary/aromatic N) is 1. The normalized spacial score (nSPS) is 11.7. The lowest BCUT2D eigenvalue weighted by molar-refractivity contribution is -0.123. The zero-order chi connectivity index (χ0) is 17.6. The third-order valence-corrected chi connectivity index (χ3v) is 3.53. The number of rotatable bonds is 7. The van der Waals surface area contributed by atoms with Crippen LogP contribution >= 0.6 is 0 Å². The van der Waals surface area contributed by atoms with Crippen LogP contribution in [0.4, 0.5) is 0 Å². The van der Waals surface area contributed by atoms with Crippen molar-refractivity contribution in [2.75, 3.05) is 0 Å². The SMILES string of the molecule is CC(Oc1cccc(OCc2cc(-c3ccccc3)no2)c1)C(N)=O. The number of carbonyl (C=O) groups is 1. The fraction of sp³-hybridized carbons (Fsp3) is 0.158. The highest BCUT2D eigenvalue weighted by molar-refractivity contribution is 5.78. The molecule has 2 aromatic carbocycles. The molecule has 6 nitrogen and oxygen atoms in total. The van der Waals surface area contributed by atoms with Crippen LogP contribution in [0.1, 0.15) is 12.7 Å². The van der Waals surface area contributed by atoms with Gasteiger partial charge in [-0.25, -0.2) is 0 Å². The maximum absolute atomic E-state index is 11.1. The van der Waals surface area contributed by atoms with E-state index in [0.29, 0.717) is 17.3 Å². The summed E-state index contributed by atoms with van der Waals surface area (Å²) in [4.78, 5) is 11.1. The largest absolute Gasteiger partial charge is 0.485 e. The molecule has 3 aromatic rings. The number of benzene rings is 2. The molecule has 1 unspecified atom stereocenters. The molecule has 0 bridgehead atoms. The molecule has 1 amide bonds. The van der Waals surface area contributed by atoms with Crippen LogP contribution in [0, 0.1) is 0 Å². The van der Waals surface area contributed by atoms with E-state index in [1.165, 1.54) is 0 Å². The molecule has 0 spiro atoms. The average Bonchev–Trinajstić information content (AvgIpc) is 3.10. The Hall–Kier alpha value is -3.28. The van der Waals surface area contributed by atoms with Crippen molar-refractivity contribution in [2.45, 2.75) is 19.6 Å². The van der Waals surface area contributed by atoms with E-state index in [0.717, 1.165) is 11.3 Å². The Morgan fingerprint density at radius 1 is 1.12 bits per heavy atom. The topological polar surface area (TPSA) is 87.6 Å². The molecule has 1 heterocycles. The molecular formula is C19H18N2O4. The molecule has 6 heteroatoms. The summed E-state index contributed by atoms with van der Waals surface area (Å²) < 4.78 is 16.4. The van der Waals surface area contributed by atoms with Crippen molar-refractivity contribution < 1.29 is 18.8 Å². The molecule has 0 aliphatic rings. The van der Waals surface area contributed by atoms with Crippen molar-refractivity contribution in [1.82, 2.24) is 5.16 Å². The van der Waals surface area contributed by atoms with Crippen LogP contribution in [-0.2, 0) is 11.4 Å². The highest BCUT2D eigenvalue weighted by Gasteiger charge is 2.11. The lowest BCUT2D eigenvalue weighted by Crippen LogP contribution is -2.30. The van der Waals surface area contributed by atoms with Gasteiger partial charge >= 0.3 is 0 Å². The van der Waals surface area contributed by atoms with E-state index in [2.05, 4.69) is 5.16 Å². The Kier molecular flexibility index (Phi) is 4.99. The lowest BCUT2D eigenvalue weighted by atomic mass is 10.1. The number of amides is 1. The van der Waals surface area contributed by atoms with Gasteiger partial charge in [0.1, 0.15) is 23.8 Å². The Bertz CT molecular complexity index is 845. The molecular weight excluding hydrogens is 320 g/mol. The van der Waals surface area contributed by atoms with Gasteiger partial charge in [0.2, 0.25) is 0 Å². The quantitative estimate of drug-likeness (QED) is 0.715. The third kappa shape index (κ3) is 4.38. The van der Waals surface area contributed by atoms with Gasteiger partial charge in [-0.15, -0.1) is 0 Å². The second-order valence-corrected chi connectivity index (χ2v) is 5.47. The number of aromatic nitrogens is 1. The van der Waals surface area contributed by atoms with E-state index >= 15 is 0 Å². The molecule has 1 aromatic heterocycles. The number of hydrogen-bond acceptors (Lipinski definition) is 5. The van der Waals surface area contributed by atoms with Crippen molar-refractivity contribution in [1.29, 1.82) is 0 Å². The number of carbonyl (C=O) groups excluding carboxylic acids is 1. The van der Waals surface area contributed by atoms with Crippen LogP contribution in [0.5, 0.6) is 11.5 Å². The fourth-order valence-electron chi connectivity index (χ4n) is 2.18. The van der Waals surface area contributed by atoms with Crippen molar-refractivity contribution in [2.24, 2.45) is 5.73 Å². The minimum atomic E-state index is -0.710. The molecule has 128 valence electrons. The minimum Gasteiger partial charge on any atom is -0.485 e. The van der Waals surface area contributed by atoms with Crippen LogP contribution in [-0.4, -0.2) is 17.2 Å². The zero-order valence-electron chi connectivity index (χ0n) is 13.7. The highest BCUT2D eigenvalue weighted by atomic mass is 16.5. The molecule has 0 saturated carbocycles. The van der Waals surface area contributed by atoms with Gasteiger partial charge in [-0.1, -0.05) is 41.6 Å². The molecule has 0 aliphatic carbocycles. The maximum atomic E-state index is 11.1. The Morgan fingerprint density at radius 2 is 1.88 bits per heavy atom. The first-order chi connectivity index (χ1) is 12.1. The first kappa shape index (κ1) is 16.6. The van der Waals surface area contributed by atoms with Crippen LogP contribution in [0.25, 0.3) is 11.3 Å². The van der Waals surface area contributed by atoms with Gasteiger partial charge in [-0.3, -0.25) is 4.79 Å². The van der Waals surface area contributed by atoms with Gasteiger partial charge < -0.3 is 19.7 Å². The van der Waals surface area contributed by atoms with Crippen LogP contribution in [0.3, 0.4) is 0 Å². The zero-order valence-corrected chi connectivity index (χ0v) is 13.7. The van der Waals surface area contributed by atoms with E-state index in [-0.39, 0.29) is 6.61 Å². The number of nitrogens with two attached hydrogens (primary N) is 1. The molecule has 0 aliphatic heterocycles. The van der Waals surface area contributed by atoms with E-state index < -0.39 is 12.0 Å². The number of ether oxygens (including phenoxy) is 2. The summed E-state index contributed by atoms with van der Waals surface area (Å²) in [6.07, 6.45) is -0.710. The van der Waals surface area contributed by atoms with Gasteiger partial charge in [0.15, 0.2) is 11.9 Å². The Morgan fingerprint density at radius 3 is 2.64 bits per heavy atom. The number of primary amides is 1. The minimum absolute atomic E-state index is 0.231. The first-order valence-corrected chi connectivity index (χ1v) is 7.81. The van der Waals surface area contributed by atoms with Crippen molar-refractivity contribution in [3.8, 4) is 22.8 Å². The number of hydrogen-bond donors (Lipinski definition) is 1. The van der Waals surface area contributed by atoms with Gasteiger partial charge in [-0.05, 0) is 19.1 Å². The van der Waals surface area contributed by atoms with Gasteiger partial charge in [-0.2, -0.15) is 0 Å². The Labute approximate surface area is 145 Å². The summed E-state index contributed by atoms with van der Waals surface area (Å²) in [5.74, 6) is 1.18. The molecule has 0 radical (unpaired) electrons. The standard InChI is InChI=1S/C19H18N2O4/c1-13(19(20)22)24-16-9-5-8-15(10-16)23-12-17-11-18(21-25-17)14-6-3-2-4-7-14/h2-11,13H,12H2,1H3,(H2,20,22). The predicted octanol–water partition coefficient (Wildman–Crippen LogP) is 3.17. The third-order valence-electron chi connectivity index (χ3n) is 3.53. The average molecular weight is 338 g/mol. The van der Waals surface area contributed by atoms with Gasteiger partial charge in [0.25, 0.3) is 5.91 Å². The highest BCUT2D eigenvalue weighted by Crippen LogP contribution is 2.23. The van der Waals surface area contributed by atoms with E-state index in [1.54, 1.807) is 31.2 Å². The molecule has 3 rings (SSSR count). The lowest BCUT2D eigenvalue weighted by Gasteiger charge is -2.12. The molecule has 0 fully saturated rings. The van der Waals surface area contributed by atoms with Crippen LogP contribution in [0.2, 0.25) is 0 Å². The van der Waals surface area contributed by atoms with Gasteiger partial charge in [0, 0.05) is 17.7 Å². The Balaban J connectivity index is 1.62. The molecule has 25 heavy (non-hydrogen) atoms. The van der Waals surface area contributed by atoms with E-state index in [4.69, 9.17) is 19.7 Å². The predicted molar refractivity (Wildman–Crippen MR) is 92.0 cm³/mol. The second-order valence-electron chi connectivity index (χ2n) is 5.47. The monoisotopic (exact) mass is 338 g/mol. The summed E-state index contributed by atoms with van der Waals surface area (Å²) in [5.41, 5.74) is 6.93. The maximum Gasteiger partial charge on any atom is 0.258 e. The van der Waals surface area contributed by atoms with E-state index in [9.17, 15) is 4.79 Å². The summed E-state index contributed by atoms with van der Waals surface area (Å²) in [6.45, 7) is 1.82. The van der Waals surface area contributed by atoms with Crippen molar-refractivity contribution in [3.63, 3.8) is 0 Å². The van der Waals surface area contributed by atoms with Crippen molar-refractivity contribution in [3.05, 3.63) is 66.4 Å². The van der Waals surface area contributed by atoms with Crippen molar-refractivity contribution >= 4 is 5.91 Å². The second kappa shape index (κ2) is 7.53. The molecule has 1 atom stereocenters. The van der Waals surface area contributed by atoms with Crippen LogP contribution in [0.15, 0.2) is 65.2 Å². The fourth-order valence-corrected chi connectivity index (χ4v) is 2.18. The van der Waals surface area contributed by atoms with Crippen LogP contribution < -0.4 is 15.2 Å².